The first-order valence-electron chi connectivity index (χ1n) is 7.63. The predicted octanol–water partition coefficient (Wildman–Crippen LogP) is 4.90. The summed E-state index contributed by atoms with van der Waals surface area (Å²) in [6.07, 6.45) is -3.04. The van der Waals surface area contributed by atoms with Gasteiger partial charge in [-0.1, -0.05) is 6.07 Å². The third kappa shape index (κ3) is 3.14. The van der Waals surface area contributed by atoms with Gasteiger partial charge < -0.3 is 9.64 Å². The Morgan fingerprint density at radius 1 is 1.15 bits per heavy atom. The summed E-state index contributed by atoms with van der Waals surface area (Å²) < 4.78 is 44.2. The molecule has 132 valence electrons. The Morgan fingerprint density at radius 3 is 2.58 bits per heavy atom. The van der Waals surface area contributed by atoms with E-state index in [0.29, 0.717) is 28.0 Å². The van der Waals surface area contributed by atoms with Crippen LogP contribution in [-0.4, -0.2) is 19.1 Å². The number of fused-ring (bicyclic) bond motifs is 1. The summed E-state index contributed by atoms with van der Waals surface area (Å²) in [4.78, 5) is 5.80. The third-order valence-electron chi connectivity index (χ3n) is 4.06. The Morgan fingerprint density at radius 2 is 1.92 bits per heavy atom. The highest BCUT2D eigenvalue weighted by Crippen LogP contribution is 2.37. The van der Waals surface area contributed by atoms with Gasteiger partial charge in [-0.3, -0.25) is 4.98 Å². The summed E-state index contributed by atoms with van der Waals surface area (Å²) in [5.74, 6) is 0.599. The number of hydrogen-bond donors (Lipinski definition) is 0. The van der Waals surface area contributed by atoms with E-state index in [9.17, 15) is 18.4 Å². The van der Waals surface area contributed by atoms with Crippen LogP contribution in [0.25, 0.3) is 10.9 Å². The Labute approximate surface area is 148 Å². The zero-order valence-corrected chi connectivity index (χ0v) is 14.0. The number of alkyl halides is 3. The highest BCUT2D eigenvalue weighted by atomic mass is 19.4. The summed E-state index contributed by atoms with van der Waals surface area (Å²) in [5.41, 5.74) is 0.902. The SMILES string of the molecule is COc1ccc2c(N(C)c3cccc(C(F)(F)F)c3)c(C#N)cnc2c1. The number of rotatable bonds is 3. The van der Waals surface area contributed by atoms with Gasteiger partial charge >= 0.3 is 6.18 Å². The second kappa shape index (κ2) is 6.56. The zero-order chi connectivity index (χ0) is 18.9. The van der Waals surface area contributed by atoms with Crippen LogP contribution in [0, 0.1) is 11.3 Å². The minimum atomic E-state index is -4.44. The number of aromatic nitrogens is 1. The van der Waals surface area contributed by atoms with Gasteiger partial charge in [0.05, 0.1) is 29.4 Å². The van der Waals surface area contributed by atoms with Crippen LogP contribution < -0.4 is 9.64 Å². The lowest BCUT2D eigenvalue weighted by atomic mass is 10.1. The molecule has 2 aromatic carbocycles. The Kier molecular flexibility index (Phi) is 4.43. The molecular formula is C19H14F3N3O. The number of nitrogens with zero attached hydrogens (tertiary/aromatic N) is 3. The van der Waals surface area contributed by atoms with Crippen molar-refractivity contribution in [3.05, 3.63) is 59.8 Å². The predicted molar refractivity (Wildman–Crippen MR) is 92.5 cm³/mol. The highest BCUT2D eigenvalue weighted by molar-refractivity contribution is 5.97. The van der Waals surface area contributed by atoms with Gasteiger partial charge in [-0.25, -0.2) is 0 Å². The maximum absolute atomic E-state index is 13.0. The van der Waals surface area contributed by atoms with Crippen LogP contribution in [0.5, 0.6) is 5.75 Å². The van der Waals surface area contributed by atoms with E-state index in [4.69, 9.17) is 4.74 Å². The van der Waals surface area contributed by atoms with E-state index in [1.807, 2.05) is 0 Å². The molecule has 7 heteroatoms. The minimum absolute atomic E-state index is 0.266. The third-order valence-corrected chi connectivity index (χ3v) is 4.06. The fraction of sp³-hybridized carbons (Fsp3) is 0.158. The second-order valence-corrected chi connectivity index (χ2v) is 5.62. The van der Waals surface area contributed by atoms with Crippen molar-refractivity contribution in [1.82, 2.24) is 4.98 Å². The summed E-state index contributed by atoms with van der Waals surface area (Å²) in [7, 11) is 3.15. The largest absolute Gasteiger partial charge is 0.497 e. The molecule has 3 rings (SSSR count). The number of ether oxygens (including phenoxy) is 1. The van der Waals surface area contributed by atoms with Crippen LogP contribution in [-0.2, 0) is 6.18 Å². The molecule has 0 saturated heterocycles. The maximum atomic E-state index is 13.0. The van der Waals surface area contributed by atoms with E-state index in [1.54, 1.807) is 36.2 Å². The monoisotopic (exact) mass is 357 g/mol. The lowest BCUT2D eigenvalue weighted by molar-refractivity contribution is -0.137. The Hall–Kier alpha value is -3.27. The molecule has 26 heavy (non-hydrogen) atoms. The molecule has 0 N–H and O–H groups in total. The minimum Gasteiger partial charge on any atom is -0.497 e. The van der Waals surface area contributed by atoms with Crippen LogP contribution in [0.1, 0.15) is 11.1 Å². The molecule has 1 aromatic heterocycles. The van der Waals surface area contributed by atoms with Gasteiger partial charge in [0, 0.05) is 30.4 Å². The summed E-state index contributed by atoms with van der Waals surface area (Å²) >= 11 is 0. The topological polar surface area (TPSA) is 49.1 Å². The van der Waals surface area contributed by atoms with Crippen molar-refractivity contribution < 1.29 is 17.9 Å². The molecule has 3 aromatic rings. The molecule has 0 aliphatic rings. The molecule has 4 nitrogen and oxygen atoms in total. The molecule has 0 fully saturated rings. The molecule has 0 aliphatic heterocycles. The van der Waals surface area contributed by atoms with Crippen molar-refractivity contribution in [3.8, 4) is 11.8 Å². The number of pyridine rings is 1. The Bertz CT molecular complexity index is 1010. The van der Waals surface area contributed by atoms with E-state index in [-0.39, 0.29) is 5.56 Å². The van der Waals surface area contributed by atoms with Gasteiger partial charge in [0.1, 0.15) is 11.8 Å². The van der Waals surface area contributed by atoms with Gasteiger partial charge in [-0.2, -0.15) is 18.4 Å². The molecule has 0 aliphatic carbocycles. The first kappa shape index (κ1) is 17.5. The van der Waals surface area contributed by atoms with Gasteiger partial charge in [0.2, 0.25) is 0 Å². The zero-order valence-electron chi connectivity index (χ0n) is 14.0. The second-order valence-electron chi connectivity index (χ2n) is 5.62. The van der Waals surface area contributed by atoms with E-state index in [2.05, 4.69) is 11.1 Å². The molecule has 0 saturated carbocycles. The van der Waals surface area contributed by atoms with Crippen molar-refractivity contribution in [3.63, 3.8) is 0 Å². The first-order valence-corrected chi connectivity index (χ1v) is 7.63. The number of hydrogen-bond acceptors (Lipinski definition) is 4. The lowest BCUT2D eigenvalue weighted by Gasteiger charge is -2.23. The standard InChI is InChI=1S/C19H14F3N3O/c1-25(14-5-3-4-13(8-14)19(20,21)22)18-12(10-23)11-24-17-9-15(26-2)6-7-16(17)18/h3-9,11H,1-2H3. The molecular weight excluding hydrogens is 343 g/mol. The van der Waals surface area contributed by atoms with Crippen molar-refractivity contribution >= 4 is 22.3 Å². The fourth-order valence-electron chi connectivity index (χ4n) is 2.75. The molecule has 1 heterocycles. The van der Waals surface area contributed by atoms with Crippen molar-refractivity contribution in [2.75, 3.05) is 19.1 Å². The van der Waals surface area contributed by atoms with Gasteiger partial charge in [-0.05, 0) is 30.3 Å². The van der Waals surface area contributed by atoms with Crippen molar-refractivity contribution in [2.45, 2.75) is 6.18 Å². The van der Waals surface area contributed by atoms with E-state index in [0.717, 1.165) is 12.1 Å². The number of anilines is 2. The van der Waals surface area contributed by atoms with Crippen LogP contribution in [0.2, 0.25) is 0 Å². The van der Waals surface area contributed by atoms with Crippen molar-refractivity contribution in [2.24, 2.45) is 0 Å². The molecule has 0 atom stereocenters. The normalized spacial score (nSPS) is 11.2. The number of nitriles is 1. The average Bonchev–Trinajstić information content (AvgIpc) is 2.65. The summed E-state index contributed by atoms with van der Waals surface area (Å²) in [6, 6.07) is 12.2. The smallest absolute Gasteiger partial charge is 0.416 e. The summed E-state index contributed by atoms with van der Waals surface area (Å²) in [6.45, 7) is 0. The average molecular weight is 357 g/mol. The maximum Gasteiger partial charge on any atom is 0.416 e. The first-order chi connectivity index (χ1) is 12.3. The molecule has 0 radical (unpaired) electrons. The van der Waals surface area contributed by atoms with E-state index in [1.165, 1.54) is 19.4 Å². The van der Waals surface area contributed by atoms with Gasteiger partial charge in [0.25, 0.3) is 0 Å². The Balaban J connectivity index is 2.19. The molecule has 0 spiro atoms. The lowest BCUT2D eigenvalue weighted by Crippen LogP contribution is -2.14. The van der Waals surface area contributed by atoms with Gasteiger partial charge in [0.15, 0.2) is 0 Å². The van der Waals surface area contributed by atoms with Gasteiger partial charge in [-0.15, -0.1) is 0 Å². The highest BCUT2D eigenvalue weighted by Gasteiger charge is 2.31. The van der Waals surface area contributed by atoms with E-state index >= 15 is 0 Å². The van der Waals surface area contributed by atoms with Crippen molar-refractivity contribution in [1.29, 1.82) is 5.26 Å². The molecule has 0 amide bonds. The van der Waals surface area contributed by atoms with Crippen LogP contribution in [0.4, 0.5) is 24.5 Å². The number of benzene rings is 2. The van der Waals surface area contributed by atoms with Crippen LogP contribution >= 0.6 is 0 Å². The molecule has 0 bridgehead atoms. The van der Waals surface area contributed by atoms with Crippen LogP contribution in [0.15, 0.2) is 48.7 Å². The quantitative estimate of drug-likeness (QED) is 0.669. The van der Waals surface area contributed by atoms with Crippen LogP contribution in [0.3, 0.4) is 0 Å². The fourth-order valence-corrected chi connectivity index (χ4v) is 2.75. The van der Waals surface area contributed by atoms with E-state index < -0.39 is 11.7 Å². The summed E-state index contributed by atoms with van der Waals surface area (Å²) in [5, 5.41) is 10.1. The molecule has 0 unspecified atom stereocenters. The number of halogens is 3. The number of methoxy groups -OCH3 is 1.